The van der Waals surface area contributed by atoms with E-state index in [0.29, 0.717) is 24.4 Å². The van der Waals surface area contributed by atoms with Crippen LogP contribution in [0.5, 0.6) is 5.75 Å². The molecule has 1 aromatic heterocycles. The molecule has 1 aliphatic rings. The number of likely N-dealkylation sites (tertiary alicyclic amines) is 1. The Bertz CT molecular complexity index is 870. The first-order chi connectivity index (χ1) is 12.1. The second kappa shape index (κ2) is 6.63. The molecule has 1 aromatic carbocycles. The number of ether oxygens (including phenoxy) is 1. The molecule has 5 nitrogen and oxygen atoms in total. The number of amides is 1. The number of carbonyl (C=O) groups excluding carboxylic acids is 1. The molecule has 5 heteroatoms. The molecule has 0 aliphatic carbocycles. The van der Waals surface area contributed by atoms with Gasteiger partial charge in [-0.15, -0.1) is 0 Å². The summed E-state index contributed by atoms with van der Waals surface area (Å²) < 4.78 is 7.41. The van der Waals surface area contributed by atoms with Gasteiger partial charge in [0, 0.05) is 24.4 Å². The second-order valence-electron chi connectivity index (χ2n) is 8.01. The molecule has 1 fully saturated rings. The Kier molecular flexibility index (Phi) is 4.65. The van der Waals surface area contributed by atoms with Crippen LogP contribution in [-0.2, 0) is 12.5 Å². The molecule has 1 saturated heterocycles. The van der Waals surface area contributed by atoms with Crippen LogP contribution in [0.4, 0.5) is 0 Å². The molecule has 2 heterocycles. The summed E-state index contributed by atoms with van der Waals surface area (Å²) in [4.78, 5) is 26.1. The predicted molar refractivity (Wildman–Crippen MR) is 102 cm³/mol. The van der Waals surface area contributed by atoms with Crippen LogP contribution in [0.2, 0.25) is 0 Å². The zero-order chi connectivity index (χ0) is 19.1. The highest BCUT2D eigenvalue weighted by Gasteiger charge is 2.33. The molecule has 0 spiro atoms. The van der Waals surface area contributed by atoms with Gasteiger partial charge in [-0.25, -0.2) is 0 Å². The molecule has 0 bridgehead atoms. The third-order valence-corrected chi connectivity index (χ3v) is 4.91. The zero-order valence-corrected chi connectivity index (χ0v) is 16.1. The third-order valence-electron chi connectivity index (χ3n) is 4.91. The zero-order valence-electron chi connectivity index (χ0n) is 16.1. The van der Waals surface area contributed by atoms with E-state index in [4.69, 9.17) is 4.74 Å². The van der Waals surface area contributed by atoms with Gasteiger partial charge in [0.15, 0.2) is 0 Å². The number of nitrogens with zero attached hydrogens (tertiary/aromatic N) is 2. The van der Waals surface area contributed by atoms with E-state index in [1.54, 1.807) is 16.5 Å². The van der Waals surface area contributed by atoms with Gasteiger partial charge in [0.2, 0.25) is 0 Å². The minimum absolute atomic E-state index is 0.0189. The molecule has 0 radical (unpaired) electrons. The van der Waals surface area contributed by atoms with Gasteiger partial charge in [0.25, 0.3) is 11.5 Å². The van der Waals surface area contributed by atoms with Crippen LogP contribution < -0.4 is 10.3 Å². The summed E-state index contributed by atoms with van der Waals surface area (Å²) in [7, 11) is 1.73. The average Bonchev–Trinajstić information content (AvgIpc) is 2.54. The maximum atomic E-state index is 12.6. The number of benzene rings is 1. The molecule has 26 heavy (non-hydrogen) atoms. The van der Waals surface area contributed by atoms with Crippen LogP contribution in [0.15, 0.2) is 41.2 Å². The average molecular weight is 354 g/mol. The highest BCUT2D eigenvalue weighted by molar-refractivity contribution is 5.94. The van der Waals surface area contributed by atoms with Gasteiger partial charge >= 0.3 is 0 Å². The van der Waals surface area contributed by atoms with Crippen LogP contribution >= 0.6 is 0 Å². The lowest BCUT2D eigenvalue weighted by atomic mass is 9.86. The van der Waals surface area contributed by atoms with E-state index in [1.165, 1.54) is 11.6 Å². The van der Waals surface area contributed by atoms with E-state index < -0.39 is 0 Å². The Morgan fingerprint density at radius 1 is 1.12 bits per heavy atom. The van der Waals surface area contributed by atoms with E-state index in [0.717, 1.165) is 5.69 Å². The number of pyridine rings is 1. The summed E-state index contributed by atoms with van der Waals surface area (Å²) in [5.74, 6) is 0.586. The Morgan fingerprint density at radius 2 is 1.73 bits per heavy atom. The molecule has 1 amide bonds. The SMILES string of the molecule is Cc1cc(OC2CN(C(=O)c3ccc(C(C)(C)C)cc3)C2)cc(=O)n1C. The van der Waals surface area contributed by atoms with Crippen molar-refractivity contribution in [2.75, 3.05) is 13.1 Å². The summed E-state index contributed by atoms with van der Waals surface area (Å²) in [6.07, 6.45) is -0.0701. The first kappa shape index (κ1) is 18.2. The van der Waals surface area contributed by atoms with E-state index in [-0.39, 0.29) is 23.0 Å². The maximum absolute atomic E-state index is 12.6. The third kappa shape index (κ3) is 3.66. The van der Waals surface area contributed by atoms with Gasteiger partial charge in [0.05, 0.1) is 13.1 Å². The number of carbonyl (C=O) groups is 1. The summed E-state index contributed by atoms with van der Waals surface area (Å²) in [6, 6.07) is 11.1. The molecule has 3 rings (SSSR count). The maximum Gasteiger partial charge on any atom is 0.254 e. The first-order valence-corrected chi connectivity index (χ1v) is 8.89. The topological polar surface area (TPSA) is 51.5 Å². The lowest BCUT2D eigenvalue weighted by Crippen LogP contribution is -2.56. The molecular formula is C21H26N2O3. The Labute approximate surface area is 154 Å². The Hall–Kier alpha value is -2.56. The fourth-order valence-electron chi connectivity index (χ4n) is 2.97. The standard InChI is InChI=1S/C21H26N2O3/c1-14-10-17(11-19(24)22(14)5)26-18-12-23(13-18)20(25)15-6-8-16(9-7-15)21(2,3)4/h6-11,18H,12-13H2,1-5H3. The van der Waals surface area contributed by atoms with Gasteiger partial charge in [-0.1, -0.05) is 32.9 Å². The van der Waals surface area contributed by atoms with Crippen molar-refractivity contribution in [2.24, 2.45) is 7.05 Å². The molecular weight excluding hydrogens is 328 g/mol. The van der Waals surface area contributed by atoms with E-state index >= 15 is 0 Å². The van der Waals surface area contributed by atoms with Crippen LogP contribution in [0, 0.1) is 6.92 Å². The van der Waals surface area contributed by atoms with Gasteiger partial charge in [-0.05, 0) is 36.1 Å². The van der Waals surface area contributed by atoms with Crippen molar-refractivity contribution in [1.82, 2.24) is 9.47 Å². The van der Waals surface area contributed by atoms with Gasteiger partial charge < -0.3 is 14.2 Å². The molecule has 0 N–H and O–H groups in total. The second-order valence-corrected chi connectivity index (χ2v) is 8.01. The number of hydrogen-bond donors (Lipinski definition) is 0. The monoisotopic (exact) mass is 354 g/mol. The number of aryl methyl sites for hydroxylation is 1. The summed E-state index contributed by atoms with van der Waals surface area (Å²) in [6.45, 7) is 9.40. The van der Waals surface area contributed by atoms with Crippen molar-refractivity contribution in [2.45, 2.75) is 39.2 Å². The molecule has 138 valence electrons. The van der Waals surface area contributed by atoms with Gasteiger partial charge in [-0.3, -0.25) is 9.59 Å². The molecule has 1 aliphatic heterocycles. The quantitative estimate of drug-likeness (QED) is 0.852. The molecule has 0 saturated carbocycles. The van der Waals surface area contributed by atoms with Crippen LogP contribution in [0.3, 0.4) is 0 Å². The lowest BCUT2D eigenvalue weighted by Gasteiger charge is -2.39. The van der Waals surface area contributed by atoms with Crippen molar-refractivity contribution in [3.05, 3.63) is 63.6 Å². The fourth-order valence-corrected chi connectivity index (χ4v) is 2.97. The smallest absolute Gasteiger partial charge is 0.254 e. The normalized spacial score (nSPS) is 14.9. The summed E-state index contributed by atoms with van der Waals surface area (Å²) in [5.41, 5.74) is 2.73. The van der Waals surface area contributed by atoms with Crippen LogP contribution in [0.1, 0.15) is 42.4 Å². The first-order valence-electron chi connectivity index (χ1n) is 8.89. The largest absolute Gasteiger partial charge is 0.486 e. The van der Waals surface area contributed by atoms with Gasteiger partial charge in [-0.2, -0.15) is 0 Å². The van der Waals surface area contributed by atoms with Crippen molar-refractivity contribution < 1.29 is 9.53 Å². The molecule has 2 aromatic rings. The van der Waals surface area contributed by atoms with Crippen molar-refractivity contribution in [1.29, 1.82) is 0 Å². The lowest BCUT2D eigenvalue weighted by molar-refractivity contribution is 0.0176. The number of hydrogen-bond acceptors (Lipinski definition) is 3. The molecule has 0 atom stereocenters. The van der Waals surface area contributed by atoms with Crippen molar-refractivity contribution in [3.8, 4) is 5.75 Å². The minimum atomic E-state index is -0.0915. The Morgan fingerprint density at radius 3 is 2.27 bits per heavy atom. The highest BCUT2D eigenvalue weighted by atomic mass is 16.5. The van der Waals surface area contributed by atoms with E-state index in [1.807, 2.05) is 37.3 Å². The minimum Gasteiger partial charge on any atom is -0.486 e. The number of rotatable bonds is 3. The van der Waals surface area contributed by atoms with Crippen molar-refractivity contribution in [3.63, 3.8) is 0 Å². The Balaban J connectivity index is 1.59. The molecule has 0 unspecified atom stereocenters. The fraction of sp³-hybridized carbons (Fsp3) is 0.429. The van der Waals surface area contributed by atoms with E-state index in [9.17, 15) is 9.59 Å². The summed E-state index contributed by atoms with van der Waals surface area (Å²) >= 11 is 0. The summed E-state index contributed by atoms with van der Waals surface area (Å²) in [5, 5.41) is 0. The van der Waals surface area contributed by atoms with Gasteiger partial charge in [0.1, 0.15) is 11.9 Å². The highest BCUT2D eigenvalue weighted by Crippen LogP contribution is 2.24. The predicted octanol–water partition coefficient (Wildman–Crippen LogP) is 2.89. The van der Waals surface area contributed by atoms with Crippen LogP contribution in [0.25, 0.3) is 0 Å². The van der Waals surface area contributed by atoms with E-state index in [2.05, 4.69) is 20.8 Å². The van der Waals surface area contributed by atoms with Crippen LogP contribution in [-0.4, -0.2) is 34.6 Å². The number of aromatic nitrogens is 1. The van der Waals surface area contributed by atoms with Crippen molar-refractivity contribution >= 4 is 5.91 Å².